The summed E-state index contributed by atoms with van der Waals surface area (Å²) in [5.41, 5.74) is 2.88. The number of nitrogens with zero attached hydrogens (tertiary/aromatic N) is 3. The molecule has 1 aliphatic rings. The average molecular weight is 421 g/mol. The van der Waals surface area contributed by atoms with Gasteiger partial charge in [-0.2, -0.15) is 18.4 Å². The lowest BCUT2D eigenvalue weighted by atomic mass is 9.95. The molecular weight excluding hydrogens is 399 g/mol. The van der Waals surface area contributed by atoms with Crippen molar-refractivity contribution in [2.45, 2.75) is 31.5 Å². The van der Waals surface area contributed by atoms with Crippen molar-refractivity contribution < 1.29 is 13.2 Å². The molecule has 1 aliphatic heterocycles. The van der Waals surface area contributed by atoms with Gasteiger partial charge in [0.25, 0.3) is 0 Å². The smallest absolute Gasteiger partial charge is 0.342 e. The van der Waals surface area contributed by atoms with Gasteiger partial charge in [-0.1, -0.05) is 66.7 Å². The van der Waals surface area contributed by atoms with Crippen molar-refractivity contribution in [2.75, 3.05) is 13.1 Å². The third kappa shape index (κ3) is 4.41. The van der Waals surface area contributed by atoms with Crippen LogP contribution < -0.4 is 0 Å². The molecule has 3 aromatic rings. The van der Waals surface area contributed by atoms with E-state index < -0.39 is 18.6 Å². The monoisotopic (exact) mass is 421 g/mol. The molecule has 158 valence electrons. The Morgan fingerprint density at radius 1 is 0.935 bits per heavy atom. The molecule has 3 aromatic carbocycles. The molecule has 1 unspecified atom stereocenters. The zero-order valence-electron chi connectivity index (χ0n) is 16.9. The highest BCUT2D eigenvalue weighted by Crippen LogP contribution is 2.31. The molecule has 0 aromatic heterocycles. The maximum atomic E-state index is 13.6. The number of alkyl halides is 3. The van der Waals surface area contributed by atoms with Crippen molar-refractivity contribution >= 4 is 16.6 Å². The summed E-state index contributed by atoms with van der Waals surface area (Å²) in [5.74, 6) is 0.339. The van der Waals surface area contributed by atoms with E-state index in [1.165, 1.54) is 21.2 Å². The van der Waals surface area contributed by atoms with Gasteiger partial charge in [-0.05, 0) is 34.7 Å². The molecule has 3 nitrogen and oxygen atoms in total. The summed E-state index contributed by atoms with van der Waals surface area (Å²) in [6.07, 6.45) is -3.64. The number of nitriles is 1. The third-order valence-electron chi connectivity index (χ3n) is 5.72. The first-order chi connectivity index (χ1) is 15.0. The van der Waals surface area contributed by atoms with Gasteiger partial charge in [-0.3, -0.25) is 4.99 Å². The molecule has 0 radical (unpaired) electrons. The number of hydrogen-bond donors (Lipinski definition) is 0. The molecule has 0 aliphatic carbocycles. The summed E-state index contributed by atoms with van der Waals surface area (Å²) < 4.78 is 40.9. The number of fused-ring (bicyclic) bond motifs is 1. The average Bonchev–Trinajstić information content (AvgIpc) is 3.24. The minimum Gasteiger partial charge on any atom is -0.342 e. The van der Waals surface area contributed by atoms with Gasteiger partial charge >= 0.3 is 6.18 Å². The summed E-state index contributed by atoms with van der Waals surface area (Å²) in [5, 5.41) is 11.3. The van der Waals surface area contributed by atoms with Gasteiger partial charge in [0.1, 0.15) is 11.9 Å². The standard InChI is InChI=1S/C25H22F3N3/c26-25(27,28)23(14-15-29)31-17-16-30-24(31)22-11-4-2-7-20(22)13-12-19-9-5-8-18-6-1-3-10-21(18)19/h1-11,23H,12-14,16-17H2. The Hall–Kier alpha value is -3.33. The number of benzene rings is 3. The minimum atomic E-state index is -4.49. The molecule has 0 spiro atoms. The lowest BCUT2D eigenvalue weighted by molar-refractivity contribution is -0.171. The molecular formula is C25H22F3N3. The number of rotatable bonds is 6. The lowest BCUT2D eigenvalue weighted by Gasteiger charge is -2.31. The van der Waals surface area contributed by atoms with E-state index in [0.29, 0.717) is 24.4 Å². The number of halogens is 3. The van der Waals surface area contributed by atoms with E-state index in [1.54, 1.807) is 6.07 Å². The van der Waals surface area contributed by atoms with Crippen molar-refractivity contribution in [1.29, 1.82) is 5.26 Å². The van der Waals surface area contributed by atoms with E-state index in [1.807, 2.05) is 42.5 Å². The Kier molecular flexibility index (Phi) is 5.94. The Labute approximate surface area is 179 Å². The lowest BCUT2D eigenvalue weighted by Crippen LogP contribution is -2.47. The van der Waals surface area contributed by atoms with Crippen LogP contribution >= 0.6 is 0 Å². The van der Waals surface area contributed by atoms with Gasteiger partial charge in [-0.15, -0.1) is 0 Å². The Bertz CT molecular complexity index is 1140. The van der Waals surface area contributed by atoms with Crippen LogP contribution in [0, 0.1) is 11.3 Å². The highest BCUT2D eigenvalue weighted by atomic mass is 19.4. The number of aliphatic imine (C=N–C) groups is 1. The highest BCUT2D eigenvalue weighted by Gasteiger charge is 2.45. The molecule has 0 bridgehead atoms. The Morgan fingerprint density at radius 2 is 1.61 bits per heavy atom. The van der Waals surface area contributed by atoms with Crippen LogP contribution in [-0.4, -0.2) is 36.0 Å². The largest absolute Gasteiger partial charge is 0.409 e. The van der Waals surface area contributed by atoms with Crippen LogP contribution in [0.15, 0.2) is 71.7 Å². The Morgan fingerprint density at radius 3 is 2.42 bits per heavy atom. The summed E-state index contributed by atoms with van der Waals surface area (Å²) in [6, 6.07) is 21.7. The first-order valence-corrected chi connectivity index (χ1v) is 10.3. The van der Waals surface area contributed by atoms with Crippen molar-refractivity contribution in [1.82, 2.24) is 4.90 Å². The van der Waals surface area contributed by atoms with E-state index in [4.69, 9.17) is 5.26 Å². The minimum absolute atomic E-state index is 0.166. The topological polar surface area (TPSA) is 39.4 Å². The van der Waals surface area contributed by atoms with Crippen molar-refractivity contribution in [3.63, 3.8) is 0 Å². The molecule has 0 N–H and O–H groups in total. The van der Waals surface area contributed by atoms with Crippen molar-refractivity contribution in [3.05, 3.63) is 83.4 Å². The van der Waals surface area contributed by atoms with E-state index in [2.05, 4.69) is 29.3 Å². The second-order valence-electron chi connectivity index (χ2n) is 7.61. The normalized spacial score (nSPS) is 15.0. The second kappa shape index (κ2) is 8.81. The van der Waals surface area contributed by atoms with Gasteiger partial charge in [0.05, 0.1) is 19.0 Å². The summed E-state index contributed by atoms with van der Waals surface area (Å²) in [7, 11) is 0. The number of hydrogen-bond acceptors (Lipinski definition) is 3. The van der Waals surface area contributed by atoms with E-state index in [0.717, 1.165) is 12.0 Å². The molecule has 0 fully saturated rings. The molecule has 0 amide bonds. The molecule has 0 saturated carbocycles. The predicted octanol–water partition coefficient (Wildman–Crippen LogP) is 5.53. The van der Waals surface area contributed by atoms with Gasteiger partial charge in [0.2, 0.25) is 0 Å². The summed E-state index contributed by atoms with van der Waals surface area (Å²) in [6.45, 7) is 0.462. The molecule has 1 atom stereocenters. The van der Waals surface area contributed by atoms with Gasteiger partial charge in [-0.25, -0.2) is 0 Å². The first-order valence-electron chi connectivity index (χ1n) is 10.3. The zero-order chi connectivity index (χ0) is 21.8. The third-order valence-corrected chi connectivity index (χ3v) is 5.72. The molecule has 31 heavy (non-hydrogen) atoms. The predicted molar refractivity (Wildman–Crippen MR) is 116 cm³/mol. The Balaban J connectivity index is 1.62. The van der Waals surface area contributed by atoms with Crippen LogP contribution in [0.5, 0.6) is 0 Å². The first kappa shape index (κ1) is 20.9. The fourth-order valence-electron chi connectivity index (χ4n) is 4.23. The second-order valence-corrected chi connectivity index (χ2v) is 7.61. The van der Waals surface area contributed by atoms with Gasteiger partial charge in [0, 0.05) is 12.1 Å². The van der Waals surface area contributed by atoms with Crippen molar-refractivity contribution in [2.24, 2.45) is 4.99 Å². The molecule has 6 heteroatoms. The number of aryl methyl sites for hydroxylation is 2. The van der Waals surface area contributed by atoms with Crippen LogP contribution in [0.2, 0.25) is 0 Å². The molecule has 0 saturated heterocycles. The van der Waals surface area contributed by atoms with Crippen molar-refractivity contribution in [3.8, 4) is 6.07 Å². The zero-order valence-corrected chi connectivity index (χ0v) is 16.9. The van der Waals surface area contributed by atoms with Crippen LogP contribution in [-0.2, 0) is 12.8 Å². The van der Waals surface area contributed by atoms with E-state index in [9.17, 15) is 13.2 Å². The van der Waals surface area contributed by atoms with Crippen LogP contribution in [0.4, 0.5) is 13.2 Å². The van der Waals surface area contributed by atoms with Crippen LogP contribution in [0.25, 0.3) is 10.8 Å². The highest BCUT2D eigenvalue weighted by molar-refractivity contribution is 6.01. The van der Waals surface area contributed by atoms with E-state index >= 15 is 0 Å². The SMILES string of the molecule is N#CCC(N1CCN=C1c1ccccc1CCc1cccc2ccccc12)C(F)(F)F. The molecule has 4 rings (SSSR count). The summed E-state index contributed by atoms with van der Waals surface area (Å²) in [4.78, 5) is 5.65. The summed E-state index contributed by atoms with van der Waals surface area (Å²) >= 11 is 0. The fourth-order valence-corrected chi connectivity index (χ4v) is 4.23. The van der Waals surface area contributed by atoms with Gasteiger partial charge in [0.15, 0.2) is 0 Å². The fraction of sp³-hybridized carbons (Fsp3) is 0.280. The maximum absolute atomic E-state index is 13.6. The van der Waals surface area contributed by atoms with E-state index in [-0.39, 0.29) is 6.54 Å². The van der Waals surface area contributed by atoms with Crippen LogP contribution in [0.1, 0.15) is 23.1 Å². The number of amidine groups is 1. The maximum Gasteiger partial charge on any atom is 0.409 e. The molecule has 1 heterocycles. The quantitative estimate of drug-likeness (QED) is 0.525. The van der Waals surface area contributed by atoms with Crippen LogP contribution in [0.3, 0.4) is 0 Å². The van der Waals surface area contributed by atoms with Gasteiger partial charge < -0.3 is 4.90 Å².